The number of hydrogen-bond donors (Lipinski definition) is 1. The molecule has 7 heteroatoms. The van der Waals surface area contributed by atoms with Crippen LogP contribution in [0.3, 0.4) is 0 Å². The number of thiocarbonyl (C=S) groups is 1. The van der Waals surface area contributed by atoms with Gasteiger partial charge in [0.25, 0.3) is 5.91 Å². The molecule has 22 heavy (non-hydrogen) atoms. The van der Waals surface area contributed by atoms with E-state index in [1.807, 2.05) is 36.2 Å². The molecule has 1 fully saturated rings. The van der Waals surface area contributed by atoms with Gasteiger partial charge in [0.15, 0.2) is 0 Å². The van der Waals surface area contributed by atoms with Crippen LogP contribution in [0.4, 0.5) is 0 Å². The van der Waals surface area contributed by atoms with Crippen LogP contribution in [-0.2, 0) is 16.6 Å². The lowest BCUT2D eigenvalue weighted by Gasteiger charge is -2.13. The molecule has 0 aliphatic carbocycles. The van der Waals surface area contributed by atoms with E-state index in [9.17, 15) is 9.59 Å². The van der Waals surface area contributed by atoms with Gasteiger partial charge in [-0.3, -0.25) is 14.5 Å². The van der Waals surface area contributed by atoms with Gasteiger partial charge in [-0.15, -0.1) is 0 Å². The molecule has 5 nitrogen and oxygen atoms in total. The van der Waals surface area contributed by atoms with Gasteiger partial charge in [-0.05, 0) is 30.5 Å². The predicted octanol–water partition coefficient (Wildman–Crippen LogP) is 2.87. The average molecular weight is 338 g/mol. The fraction of sp³-hybridized carbons (Fsp3) is 0.400. The number of aryl methyl sites for hydroxylation is 1. The van der Waals surface area contributed by atoms with Gasteiger partial charge in [0.1, 0.15) is 4.32 Å². The molecule has 0 saturated carbocycles. The molecule has 0 radical (unpaired) electrons. The van der Waals surface area contributed by atoms with E-state index < -0.39 is 5.97 Å². The molecule has 1 aromatic heterocycles. The lowest BCUT2D eigenvalue weighted by atomic mass is 10.2. The highest BCUT2D eigenvalue weighted by Gasteiger charge is 2.31. The Hall–Kier alpha value is -1.60. The second kappa shape index (κ2) is 7.60. The van der Waals surface area contributed by atoms with E-state index in [0.29, 0.717) is 22.2 Å². The number of rotatable bonds is 7. The van der Waals surface area contributed by atoms with E-state index in [-0.39, 0.29) is 12.3 Å². The molecule has 1 aliphatic heterocycles. The van der Waals surface area contributed by atoms with Crippen LogP contribution in [0.2, 0.25) is 0 Å². The minimum atomic E-state index is -0.781. The first kappa shape index (κ1) is 16.8. The Kier molecular flexibility index (Phi) is 5.79. The number of carbonyl (C=O) groups excluding carboxylic acids is 1. The van der Waals surface area contributed by atoms with Crippen molar-refractivity contribution in [2.24, 2.45) is 7.05 Å². The summed E-state index contributed by atoms with van der Waals surface area (Å²) in [5, 5.41) is 8.59. The van der Waals surface area contributed by atoms with E-state index in [4.69, 9.17) is 17.3 Å². The van der Waals surface area contributed by atoms with Crippen LogP contribution in [0, 0.1) is 0 Å². The van der Waals surface area contributed by atoms with Crippen LogP contribution in [-0.4, -0.2) is 37.3 Å². The number of nitrogens with zero attached hydrogens (tertiary/aromatic N) is 2. The van der Waals surface area contributed by atoms with Crippen LogP contribution < -0.4 is 0 Å². The Morgan fingerprint density at radius 3 is 2.82 bits per heavy atom. The molecule has 0 atom stereocenters. The first-order valence-electron chi connectivity index (χ1n) is 7.06. The van der Waals surface area contributed by atoms with Crippen molar-refractivity contribution in [3.8, 4) is 0 Å². The number of amides is 1. The molecule has 118 valence electrons. The van der Waals surface area contributed by atoms with Gasteiger partial charge < -0.3 is 9.67 Å². The Balaban J connectivity index is 1.89. The largest absolute Gasteiger partial charge is 0.481 e. The van der Waals surface area contributed by atoms with Gasteiger partial charge >= 0.3 is 5.97 Å². The number of aromatic nitrogens is 1. The van der Waals surface area contributed by atoms with Crippen molar-refractivity contribution in [1.82, 2.24) is 9.47 Å². The lowest BCUT2D eigenvalue weighted by Crippen LogP contribution is -2.29. The molecule has 1 aliphatic rings. The number of hydrogen-bond acceptors (Lipinski definition) is 4. The number of thioether (sulfide) groups is 1. The highest BCUT2D eigenvalue weighted by atomic mass is 32.2. The first-order valence-corrected chi connectivity index (χ1v) is 8.29. The van der Waals surface area contributed by atoms with E-state index in [1.54, 1.807) is 4.90 Å². The third kappa shape index (κ3) is 4.45. The fourth-order valence-corrected chi connectivity index (χ4v) is 3.49. The summed E-state index contributed by atoms with van der Waals surface area (Å²) in [5.41, 5.74) is 0.976. The van der Waals surface area contributed by atoms with Gasteiger partial charge in [-0.25, -0.2) is 0 Å². The van der Waals surface area contributed by atoms with Crippen molar-refractivity contribution < 1.29 is 14.7 Å². The van der Waals surface area contributed by atoms with Crippen LogP contribution in [0.15, 0.2) is 23.4 Å². The minimum Gasteiger partial charge on any atom is -0.481 e. The summed E-state index contributed by atoms with van der Waals surface area (Å²) in [6, 6.07) is 1.94. The summed E-state index contributed by atoms with van der Waals surface area (Å²) in [7, 11) is 1.93. The standard InChI is InChI=1S/C15H18N2O3S2/c1-16-8-6-11(10-16)9-12-14(20)17(15(21)22-12)7-4-2-3-5-13(18)19/h6,8-10H,2-5,7H2,1H3,(H,18,19). The van der Waals surface area contributed by atoms with Crippen molar-refractivity contribution >= 4 is 46.3 Å². The maximum atomic E-state index is 12.3. The van der Waals surface area contributed by atoms with Gasteiger partial charge in [0.2, 0.25) is 0 Å². The monoisotopic (exact) mass is 338 g/mol. The number of unbranched alkanes of at least 4 members (excludes halogenated alkanes) is 2. The SMILES string of the molecule is Cn1ccc(C=C2SC(=S)N(CCCCCC(=O)O)C2=O)c1. The Morgan fingerprint density at radius 1 is 1.41 bits per heavy atom. The Labute approximate surface area is 139 Å². The maximum absolute atomic E-state index is 12.3. The summed E-state index contributed by atoms with van der Waals surface area (Å²) < 4.78 is 2.50. The predicted molar refractivity (Wildman–Crippen MR) is 91.4 cm³/mol. The third-order valence-electron chi connectivity index (χ3n) is 3.30. The fourth-order valence-electron chi connectivity index (χ4n) is 2.18. The molecule has 0 spiro atoms. The quantitative estimate of drug-likeness (QED) is 0.470. The zero-order chi connectivity index (χ0) is 16.1. The average Bonchev–Trinajstić information content (AvgIpc) is 2.96. The molecule has 2 heterocycles. The minimum absolute atomic E-state index is 0.0583. The number of carboxylic acid groups (broad SMARTS) is 1. The van der Waals surface area contributed by atoms with Crippen LogP contribution in [0.1, 0.15) is 31.2 Å². The van der Waals surface area contributed by atoms with Gasteiger partial charge in [-0.1, -0.05) is 30.4 Å². The van der Waals surface area contributed by atoms with Crippen LogP contribution in [0.25, 0.3) is 6.08 Å². The summed E-state index contributed by atoms with van der Waals surface area (Å²) >= 11 is 6.58. The Morgan fingerprint density at radius 2 is 2.18 bits per heavy atom. The molecule has 0 unspecified atom stereocenters. The second-order valence-electron chi connectivity index (χ2n) is 5.15. The third-order valence-corrected chi connectivity index (χ3v) is 4.68. The van der Waals surface area contributed by atoms with Crippen LogP contribution >= 0.6 is 24.0 Å². The molecule has 2 rings (SSSR count). The molecule has 0 bridgehead atoms. The van der Waals surface area contributed by atoms with Gasteiger partial charge in [0.05, 0.1) is 4.91 Å². The summed E-state index contributed by atoms with van der Waals surface area (Å²) in [6.45, 7) is 0.552. The zero-order valence-corrected chi connectivity index (χ0v) is 14.0. The lowest BCUT2D eigenvalue weighted by molar-refractivity contribution is -0.137. The summed E-state index contributed by atoms with van der Waals surface area (Å²) in [4.78, 5) is 25.0. The second-order valence-corrected chi connectivity index (χ2v) is 6.82. The van der Waals surface area contributed by atoms with Gasteiger partial charge in [-0.2, -0.15) is 0 Å². The topological polar surface area (TPSA) is 62.5 Å². The van der Waals surface area contributed by atoms with Crippen molar-refractivity contribution in [3.63, 3.8) is 0 Å². The smallest absolute Gasteiger partial charge is 0.303 e. The van der Waals surface area contributed by atoms with E-state index in [0.717, 1.165) is 18.4 Å². The first-order chi connectivity index (χ1) is 10.5. The van der Waals surface area contributed by atoms with Gasteiger partial charge in [0, 0.05) is 32.4 Å². The molecule has 1 amide bonds. The molecule has 1 N–H and O–H groups in total. The van der Waals surface area contributed by atoms with Crippen molar-refractivity contribution in [1.29, 1.82) is 0 Å². The molecular formula is C15H18N2O3S2. The van der Waals surface area contributed by atoms with Crippen molar-refractivity contribution in [2.45, 2.75) is 25.7 Å². The molecule has 1 saturated heterocycles. The Bertz CT molecular complexity index is 622. The van der Waals surface area contributed by atoms with E-state index in [2.05, 4.69) is 0 Å². The van der Waals surface area contributed by atoms with E-state index in [1.165, 1.54) is 11.8 Å². The maximum Gasteiger partial charge on any atom is 0.303 e. The van der Waals surface area contributed by atoms with E-state index >= 15 is 0 Å². The number of carbonyl (C=O) groups is 2. The highest BCUT2D eigenvalue weighted by molar-refractivity contribution is 8.26. The zero-order valence-electron chi connectivity index (χ0n) is 12.3. The highest BCUT2D eigenvalue weighted by Crippen LogP contribution is 2.32. The summed E-state index contributed by atoms with van der Waals surface area (Å²) in [6.07, 6.45) is 8.06. The van der Waals surface area contributed by atoms with Crippen molar-refractivity contribution in [3.05, 3.63) is 28.9 Å². The number of aliphatic carboxylic acids is 1. The summed E-state index contributed by atoms with van der Waals surface area (Å²) in [5.74, 6) is -0.839. The molecule has 1 aromatic rings. The molecular weight excluding hydrogens is 320 g/mol. The normalized spacial score (nSPS) is 16.8. The number of carboxylic acids is 1. The van der Waals surface area contributed by atoms with Crippen molar-refractivity contribution in [2.75, 3.05) is 6.54 Å². The van der Waals surface area contributed by atoms with Crippen LogP contribution in [0.5, 0.6) is 0 Å². The molecule has 0 aromatic carbocycles.